The Morgan fingerprint density at radius 2 is 2.41 bits per heavy atom. The Bertz CT molecular complexity index is 450. The molecule has 0 spiro atoms. The highest BCUT2D eigenvalue weighted by molar-refractivity contribution is 7.16. The standard InChI is InChI=1S/C10H13N3O3S/c1-7(14)9-6-8(13(15)16)10(17-9)12(2)5-3-4-11/h6-7,14H,3,5H2,1-2H3/t7-/m1/s1. The summed E-state index contributed by atoms with van der Waals surface area (Å²) in [5, 5.41) is 29.3. The van der Waals surface area contributed by atoms with Gasteiger partial charge in [0.25, 0.3) is 0 Å². The van der Waals surface area contributed by atoms with E-state index in [9.17, 15) is 15.2 Å². The zero-order valence-corrected chi connectivity index (χ0v) is 10.4. The third kappa shape index (κ3) is 3.15. The number of thiophene rings is 1. The first-order valence-electron chi connectivity index (χ1n) is 5.01. The second-order valence-corrected chi connectivity index (χ2v) is 4.66. The summed E-state index contributed by atoms with van der Waals surface area (Å²) >= 11 is 1.18. The highest BCUT2D eigenvalue weighted by Crippen LogP contribution is 2.39. The quantitative estimate of drug-likeness (QED) is 0.642. The molecule has 1 N–H and O–H groups in total. The van der Waals surface area contributed by atoms with Crippen molar-refractivity contribution in [3.05, 3.63) is 21.1 Å². The molecule has 0 aliphatic carbocycles. The molecule has 0 saturated heterocycles. The summed E-state index contributed by atoms with van der Waals surface area (Å²) in [6, 6.07) is 3.37. The molecule has 92 valence electrons. The Morgan fingerprint density at radius 1 is 1.76 bits per heavy atom. The number of hydrogen-bond acceptors (Lipinski definition) is 6. The molecule has 0 saturated carbocycles. The zero-order valence-electron chi connectivity index (χ0n) is 9.58. The van der Waals surface area contributed by atoms with Gasteiger partial charge in [-0.25, -0.2) is 0 Å². The van der Waals surface area contributed by atoms with Crippen molar-refractivity contribution in [2.24, 2.45) is 0 Å². The minimum Gasteiger partial charge on any atom is -0.388 e. The van der Waals surface area contributed by atoms with Crippen molar-refractivity contribution in [1.29, 1.82) is 5.26 Å². The van der Waals surface area contributed by atoms with E-state index in [2.05, 4.69) is 0 Å². The fourth-order valence-electron chi connectivity index (χ4n) is 1.32. The van der Waals surface area contributed by atoms with Crippen molar-refractivity contribution in [2.45, 2.75) is 19.4 Å². The van der Waals surface area contributed by atoms with Crippen LogP contribution in [0.25, 0.3) is 0 Å². The third-order valence-corrected chi connectivity index (χ3v) is 3.64. The molecule has 0 aliphatic heterocycles. The summed E-state index contributed by atoms with van der Waals surface area (Å²) in [6.07, 6.45) is -0.424. The van der Waals surface area contributed by atoms with Gasteiger partial charge in [0.2, 0.25) is 0 Å². The molecular weight excluding hydrogens is 242 g/mol. The van der Waals surface area contributed by atoms with E-state index in [1.807, 2.05) is 6.07 Å². The normalized spacial score (nSPS) is 11.9. The topological polar surface area (TPSA) is 90.4 Å². The molecular formula is C10H13N3O3S. The van der Waals surface area contributed by atoms with Crippen LogP contribution in [0.4, 0.5) is 10.7 Å². The van der Waals surface area contributed by atoms with Crippen LogP contribution in [0.5, 0.6) is 0 Å². The molecule has 1 aromatic heterocycles. The van der Waals surface area contributed by atoms with E-state index in [0.717, 1.165) is 0 Å². The molecule has 1 atom stereocenters. The summed E-state index contributed by atoms with van der Waals surface area (Å²) in [5.41, 5.74) is -0.0219. The van der Waals surface area contributed by atoms with Crippen LogP contribution in [0.3, 0.4) is 0 Å². The maximum Gasteiger partial charge on any atom is 0.304 e. The molecule has 0 unspecified atom stereocenters. The number of aliphatic hydroxyl groups is 1. The van der Waals surface area contributed by atoms with Crippen LogP contribution in [-0.4, -0.2) is 23.6 Å². The lowest BCUT2D eigenvalue weighted by atomic mass is 10.3. The third-order valence-electron chi connectivity index (χ3n) is 2.23. The Hall–Kier alpha value is -1.65. The van der Waals surface area contributed by atoms with Crippen molar-refractivity contribution >= 4 is 22.0 Å². The van der Waals surface area contributed by atoms with Gasteiger partial charge in [-0.3, -0.25) is 10.1 Å². The lowest BCUT2D eigenvalue weighted by Gasteiger charge is -2.14. The van der Waals surface area contributed by atoms with Crippen LogP contribution < -0.4 is 4.90 Å². The molecule has 0 fully saturated rings. The van der Waals surface area contributed by atoms with Crippen LogP contribution in [0, 0.1) is 21.4 Å². The van der Waals surface area contributed by atoms with Gasteiger partial charge in [0.05, 0.1) is 23.5 Å². The molecule has 1 rings (SSSR count). The molecule has 1 aromatic rings. The summed E-state index contributed by atoms with van der Waals surface area (Å²) < 4.78 is 0. The molecule has 0 bridgehead atoms. The van der Waals surface area contributed by atoms with Gasteiger partial charge in [0.1, 0.15) is 0 Å². The van der Waals surface area contributed by atoms with Gasteiger partial charge >= 0.3 is 5.69 Å². The van der Waals surface area contributed by atoms with Crippen LogP contribution >= 0.6 is 11.3 Å². The largest absolute Gasteiger partial charge is 0.388 e. The summed E-state index contributed by atoms with van der Waals surface area (Å²) in [4.78, 5) is 12.6. The van der Waals surface area contributed by atoms with Gasteiger partial charge in [-0.1, -0.05) is 0 Å². The molecule has 7 heteroatoms. The number of nitrogens with zero attached hydrogens (tertiary/aromatic N) is 3. The second kappa shape index (κ2) is 5.61. The Balaban J connectivity index is 3.04. The van der Waals surface area contributed by atoms with Gasteiger partial charge in [-0.15, -0.1) is 11.3 Å². The average molecular weight is 255 g/mol. The predicted molar refractivity (Wildman–Crippen MR) is 65.1 cm³/mol. The van der Waals surface area contributed by atoms with Crippen LogP contribution in [0.2, 0.25) is 0 Å². The molecule has 1 heterocycles. The minimum atomic E-state index is -0.725. The number of nitriles is 1. The van der Waals surface area contributed by atoms with Gasteiger partial charge in [-0.05, 0) is 6.92 Å². The van der Waals surface area contributed by atoms with E-state index in [0.29, 0.717) is 22.8 Å². The highest BCUT2D eigenvalue weighted by atomic mass is 32.1. The average Bonchev–Trinajstić information content (AvgIpc) is 2.70. The van der Waals surface area contributed by atoms with Gasteiger partial charge in [0.15, 0.2) is 5.00 Å². The van der Waals surface area contributed by atoms with Crippen LogP contribution in [0.15, 0.2) is 6.07 Å². The van der Waals surface area contributed by atoms with Gasteiger partial charge in [0, 0.05) is 24.5 Å². The van der Waals surface area contributed by atoms with Crippen molar-refractivity contribution in [3.8, 4) is 6.07 Å². The lowest BCUT2D eigenvalue weighted by Crippen LogP contribution is -2.17. The van der Waals surface area contributed by atoms with E-state index in [1.165, 1.54) is 17.4 Å². The Labute approximate surface area is 103 Å². The summed E-state index contributed by atoms with van der Waals surface area (Å²) in [7, 11) is 1.70. The lowest BCUT2D eigenvalue weighted by molar-refractivity contribution is -0.383. The fourth-order valence-corrected chi connectivity index (χ4v) is 2.37. The minimum absolute atomic E-state index is 0.0219. The number of aliphatic hydroxyl groups excluding tert-OH is 1. The second-order valence-electron chi connectivity index (χ2n) is 3.60. The Morgan fingerprint density at radius 3 is 2.88 bits per heavy atom. The molecule has 0 aromatic carbocycles. The van der Waals surface area contributed by atoms with Crippen molar-refractivity contribution in [3.63, 3.8) is 0 Å². The highest BCUT2D eigenvalue weighted by Gasteiger charge is 2.23. The van der Waals surface area contributed by atoms with Crippen LogP contribution in [-0.2, 0) is 0 Å². The predicted octanol–water partition coefficient (Wildman–Crippen LogP) is 2.06. The molecule has 0 radical (unpaired) electrons. The first-order chi connectivity index (χ1) is 7.97. The zero-order chi connectivity index (χ0) is 13.0. The number of anilines is 1. The first-order valence-corrected chi connectivity index (χ1v) is 5.83. The van der Waals surface area contributed by atoms with Gasteiger partial charge < -0.3 is 10.0 Å². The molecule has 6 nitrogen and oxygen atoms in total. The molecule has 0 aliphatic rings. The van der Waals surface area contributed by atoms with Crippen molar-refractivity contribution < 1.29 is 10.0 Å². The number of rotatable bonds is 5. The van der Waals surface area contributed by atoms with E-state index in [-0.39, 0.29) is 5.69 Å². The van der Waals surface area contributed by atoms with E-state index >= 15 is 0 Å². The van der Waals surface area contributed by atoms with Crippen molar-refractivity contribution in [2.75, 3.05) is 18.5 Å². The molecule has 0 amide bonds. The van der Waals surface area contributed by atoms with Crippen molar-refractivity contribution in [1.82, 2.24) is 0 Å². The van der Waals surface area contributed by atoms with Gasteiger partial charge in [-0.2, -0.15) is 5.26 Å². The maximum absolute atomic E-state index is 10.9. The van der Waals surface area contributed by atoms with E-state index in [1.54, 1.807) is 18.9 Å². The number of hydrogen-bond donors (Lipinski definition) is 1. The Kier molecular flexibility index (Phi) is 4.43. The number of nitro groups is 1. The summed E-state index contributed by atoms with van der Waals surface area (Å²) in [5.74, 6) is 0. The SMILES string of the molecule is C[C@@H](O)c1cc([N+](=O)[O-])c(N(C)CCC#N)s1. The molecule has 17 heavy (non-hydrogen) atoms. The van der Waals surface area contributed by atoms with E-state index < -0.39 is 11.0 Å². The maximum atomic E-state index is 10.9. The summed E-state index contributed by atoms with van der Waals surface area (Å²) in [6.45, 7) is 1.99. The monoisotopic (exact) mass is 255 g/mol. The smallest absolute Gasteiger partial charge is 0.304 e. The van der Waals surface area contributed by atoms with E-state index in [4.69, 9.17) is 5.26 Å². The first kappa shape index (κ1) is 13.4. The van der Waals surface area contributed by atoms with Crippen LogP contribution in [0.1, 0.15) is 24.3 Å². The fraction of sp³-hybridized carbons (Fsp3) is 0.500.